The number of halogens is 2. The first-order valence-corrected chi connectivity index (χ1v) is 49.4. The molecule has 8 rings (SSSR count). The molecular formula is C96H144Br2N2O2S4. The van der Waals surface area contributed by atoms with Gasteiger partial charge in [0.15, 0.2) is 0 Å². The van der Waals surface area contributed by atoms with Gasteiger partial charge in [-0.3, -0.25) is 9.59 Å². The summed E-state index contributed by atoms with van der Waals surface area (Å²) in [6, 6.07) is 24.1. The SMILES string of the molecule is CCCCCCCCc1cc(-c2sc(-c3ccc4c(c3)N(CC(CCCCCC)CCCCCCCC)C(=O)/C4=C3/C(=O)N(CC(CCCCCC)CCCCCCCC)c4cc(-c5cc(CCCCCCCC)c(-c6cc(CCCCCCCC)c(Br)s6)s5)ccc43)cc2CCCCCCCC)sc1Br. The summed E-state index contributed by atoms with van der Waals surface area (Å²) in [4.78, 5) is 45.7. The molecule has 2 atom stereocenters. The van der Waals surface area contributed by atoms with Crippen LogP contribution in [0.1, 0.15) is 397 Å². The number of fused-ring (bicyclic) bond motifs is 2. The zero-order chi connectivity index (χ0) is 75.1. The average Bonchev–Trinajstić information content (AvgIpc) is 1.57. The Morgan fingerprint density at radius 1 is 0.292 bits per heavy atom. The molecule has 0 N–H and O–H groups in total. The van der Waals surface area contributed by atoms with Crippen molar-refractivity contribution in [1.82, 2.24) is 0 Å². The first-order chi connectivity index (χ1) is 52.0. The van der Waals surface area contributed by atoms with Gasteiger partial charge in [0.05, 0.1) is 30.1 Å². The Hall–Kier alpha value is -3.12. The van der Waals surface area contributed by atoms with Gasteiger partial charge in [-0.15, -0.1) is 45.3 Å². The standard InChI is InChI=1S/C96H144Br2N2O2S4/c1-9-17-25-33-39-47-55-73(53-45-31-23-15-7)71-99-83-65-75(85-67-77(57-49-41-35-27-19-11-3)91(103-85)87-69-79(93(97)105-87)59-51-43-37-29-21-13-5)61-63-81(83)89(95(99)101)90-82-64-62-76(66-84(82)100(96(90)102)72-74(54-46-32-24-16-8)56-48-40-34-26-18-10-2)86-68-78(58-50-42-36-28-20-12-4)92(104-86)88-70-80(94(98)106-88)60-52-44-38-30-22-14-6/h61-70,73-74H,9-60,71-72H2,1-8H3/b90-89+. The fourth-order valence-electron chi connectivity index (χ4n) is 16.8. The van der Waals surface area contributed by atoms with E-state index in [1.165, 1.54) is 353 Å². The number of anilines is 2. The lowest BCUT2D eigenvalue weighted by Crippen LogP contribution is -2.34. The molecule has 2 aliphatic rings. The molecule has 0 saturated heterocycles. The molecule has 2 unspecified atom stereocenters. The van der Waals surface area contributed by atoms with E-state index in [4.69, 9.17) is 0 Å². The third-order valence-electron chi connectivity index (χ3n) is 23.4. The van der Waals surface area contributed by atoms with Crippen LogP contribution in [-0.2, 0) is 35.3 Å². The maximum absolute atomic E-state index is 16.6. The zero-order valence-electron chi connectivity index (χ0n) is 68.2. The fourth-order valence-corrected chi connectivity index (χ4v) is 23.0. The van der Waals surface area contributed by atoms with E-state index >= 15 is 9.59 Å². The Balaban J connectivity index is 1.26. The molecular weight excluding hydrogens is 1500 g/mol. The largest absolute Gasteiger partial charge is 0.307 e. The minimum absolute atomic E-state index is 0.0224. The van der Waals surface area contributed by atoms with E-state index in [0.717, 1.165) is 73.9 Å². The smallest absolute Gasteiger partial charge is 0.259 e. The summed E-state index contributed by atoms with van der Waals surface area (Å²) in [5, 5.41) is 0. The van der Waals surface area contributed by atoms with Gasteiger partial charge in [-0.1, -0.05) is 336 Å². The van der Waals surface area contributed by atoms with E-state index in [1.54, 1.807) is 0 Å². The number of nitrogens with zero attached hydrogens (tertiary/aromatic N) is 2. The second-order valence-corrected chi connectivity index (χ2v) is 39.3. The van der Waals surface area contributed by atoms with E-state index in [2.05, 4.69) is 158 Å². The third-order valence-corrected chi connectivity index (χ3v) is 30.1. The van der Waals surface area contributed by atoms with Crippen molar-refractivity contribution in [1.29, 1.82) is 0 Å². The summed E-state index contributed by atoms with van der Waals surface area (Å²) in [5.74, 6) is 0.791. The Morgan fingerprint density at radius 3 is 0.849 bits per heavy atom. The number of aryl methyl sites for hydroxylation is 4. The molecule has 0 aliphatic carbocycles. The van der Waals surface area contributed by atoms with Gasteiger partial charge in [-0.2, -0.15) is 0 Å². The normalized spacial score (nSPS) is 14.3. The average molecular weight is 1650 g/mol. The number of carbonyl (C=O) groups excluding carboxylic acids is 2. The molecule has 0 radical (unpaired) electrons. The van der Waals surface area contributed by atoms with E-state index in [-0.39, 0.29) is 11.8 Å². The highest BCUT2D eigenvalue weighted by atomic mass is 79.9. The van der Waals surface area contributed by atoms with Gasteiger partial charge in [0.1, 0.15) is 0 Å². The lowest BCUT2D eigenvalue weighted by Gasteiger charge is -2.25. The maximum Gasteiger partial charge on any atom is 0.259 e. The van der Waals surface area contributed by atoms with Crippen LogP contribution in [0, 0.1) is 11.8 Å². The van der Waals surface area contributed by atoms with Crippen molar-refractivity contribution in [2.45, 2.75) is 389 Å². The van der Waals surface area contributed by atoms with Gasteiger partial charge in [0, 0.05) is 53.5 Å². The van der Waals surface area contributed by atoms with Gasteiger partial charge in [0.2, 0.25) is 0 Å². The first kappa shape index (κ1) is 88.4. The second-order valence-electron chi connectivity index (χ2n) is 32.4. The van der Waals surface area contributed by atoms with Crippen LogP contribution in [0.15, 0.2) is 68.2 Å². The van der Waals surface area contributed by atoms with Crippen LogP contribution in [0.4, 0.5) is 11.4 Å². The number of rotatable bonds is 60. The van der Waals surface area contributed by atoms with Crippen molar-refractivity contribution in [3.63, 3.8) is 0 Å². The third kappa shape index (κ3) is 27.6. The number of amides is 2. The molecule has 4 aromatic heterocycles. The highest BCUT2D eigenvalue weighted by molar-refractivity contribution is 9.11. The molecule has 10 heteroatoms. The molecule has 2 aliphatic heterocycles. The topological polar surface area (TPSA) is 40.6 Å². The molecule has 0 saturated carbocycles. The number of hydrogen-bond donors (Lipinski definition) is 0. The fraction of sp³-hybridized carbons (Fsp3) is 0.667. The zero-order valence-corrected chi connectivity index (χ0v) is 74.6. The van der Waals surface area contributed by atoms with Gasteiger partial charge in [-0.25, -0.2) is 0 Å². The number of thiophene rings is 4. The summed E-state index contributed by atoms with van der Waals surface area (Å²) in [7, 11) is 0. The van der Waals surface area contributed by atoms with Crippen LogP contribution in [0.3, 0.4) is 0 Å². The summed E-state index contributed by atoms with van der Waals surface area (Å²) in [5.41, 5.74) is 13.3. The Morgan fingerprint density at radius 2 is 0.547 bits per heavy atom. The van der Waals surface area contributed by atoms with E-state index in [1.807, 2.05) is 45.3 Å². The van der Waals surface area contributed by atoms with Crippen molar-refractivity contribution in [2.24, 2.45) is 11.8 Å². The Bertz CT molecular complexity index is 3280. The number of unbranched alkanes of at least 4 members (excludes halogenated alkanes) is 36. The summed E-state index contributed by atoms with van der Waals surface area (Å²) < 4.78 is 2.58. The quantitative estimate of drug-likeness (QED) is 0.0282. The number of hydrogen-bond acceptors (Lipinski definition) is 6. The van der Waals surface area contributed by atoms with Crippen molar-refractivity contribution >= 4 is 112 Å². The van der Waals surface area contributed by atoms with Crippen LogP contribution in [0.2, 0.25) is 0 Å². The van der Waals surface area contributed by atoms with Crippen molar-refractivity contribution in [2.75, 3.05) is 22.9 Å². The van der Waals surface area contributed by atoms with Crippen LogP contribution < -0.4 is 9.80 Å². The monoisotopic (exact) mass is 1640 g/mol. The molecule has 6 aromatic rings. The van der Waals surface area contributed by atoms with Gasteiger partial charge < -0.3 is 9.80 Å². The Labute approximate surface area is 681 Å². The van der Waals surface area contributed by atoms with Crippen molar-refractivity contribution in [3.8, 4) is 40.4 Å². The first-order valence-electron chi connectivity index (χ1n) is 44.5. The number of carbonyl (C=O) groups is 2. The second kappa shape index (κ2) is 50.8. The molecule has 0 bridgehead atoms. The summed E-state index contributed by atoms with van der Waals surface area (Å²) in [6.07, 6.45) is 64.8. The highest BCUT2D eigenvalue weighted by Crippen LogP contribution is 2.53. The lowest BCUT2D eigenvalue weighted by atomic mass is 9.93. The van der Waals surface area contributed by atoms with Crippen LogP contribution >= 0.6 is 77.2 Å². The molecule has 0 fully saturated rings. The highest BCUT2D eigenvalue weighted by Gasteiger charge is 2.44. The molecule has 0 spiro atoms. The van der Waals surface area contributed by atoms with Crippen molar-refractivity contribution < 1.29 is 9.59 Å². The predicted molar refractivity (Wildman–Crippen MR) is 482 cm³/mol. The van der Waals surface area contributed by atoms with Crippen LogP contribution in [-0.4, -0.2) is 24.9 Å². The summed E-state index contributed by atoms with van der Waals surface area (Å²) in [6.45, 7) is 19.9. The molecule has 588 valence electrons. The maximum atomic E-state index is 16.6. The van der Waals surface area contributed by atoms with Crippen LogP contribution in [0.5, 0.6) is 0 Å². The Kier molecular flexibility index (Phi) is 42.4. The molecule has 2 amide bonds. The molecule has 106 heavy (non-hydrogen) atoms. The van der Waals surface area contributed by atoms with Gasteiger partial charge >= 0.3 is 0 Å². The van der Waals surface area contributed by atoms with E-state index in [9.17, 15) is 0 Å². The number of benzene rings is 2. The van der Waals surface area contributed by atoms with E-state index < -0.39 is 0 Å². The van der Waals surface area contributed by atoms with Gasteiger partial charge in [0.25, 0.3) is 11.8 Å². The molecule has 2 aromatic carbocycles. The van der Waals surface area contributed by atoms with Crippen LogP contribution in [0.25, 0.3) is 51.5 Å². The van der Waals surface area contributed by atoms with E-state index in [0.29, 0.717) is 36.1 Å². The minimum atomic E-state index is 0.0224. The minimum Gasteiger partial charge on any atom is -0.307 e. The predicted octanol–water partition coefficient (Wildman–Crippen LogP) is 34.0. The molecule has 4 nitrogen and oxygen atoms in total. The lowest BCUT2D eigenvalue weighted by molar-refractivity contribution is -0.114. The summed E-state index contributed by atoms with van der Waals surface area (Å²) >= 11 is 16.0. The van der Waals surface area contributed by atoms with Gasteiger partial charge in [-0.05, 0) is 191 Å². The molecule has 6 heterocycles. The van der Waals surface area contributed by atoms with Crippen molar-refractivity contribution in [3.05, 3.63) is 102 Å².